The van der Waals surface area contributed by atoms with E-state index in [1.807, 2.05) is 18.2 Å². The number of halogens is 1. The van der Waals surface area contributed by atoms with E-state index in [-0.39, 0.29) is 11.9 Å². The topological polar surface area (TPSA) is 86.0 Å². The van der Waals surface area contributed by atoms with Crippen molar-refractivity contribution >= 4 is 50.1 Å². The average Bonchev–Trinajstić information content (AvgIpc) is 2.99. The van der Waals surface area contributed by atoms with Gasteiger partial charge in [0.1, 0.15) is 5.69 Å². The number of amides is 3. The Balaban J connectivity index is 1.72. The maximum atomic E-state index is 12.3. The fourth-order valence-corrected chi connectivity index (χ4v) is 2.63. The molecule has 3 amide bonds. The molecule has 0 spiro atoms. The Morgan fingerprint density at radius 1 is 0.958 bits per heavy atom. The fourth-order valence-electron chi connectivity index (χ4n) is 2.25. The third-order valence-electron chi connectivity index (χ3n) is 3.46. The van der Waals surface area contributed by atoms with Crippen LogP contribution in [0.15, 0.2) is 53.0 Å². The number of benzene rings is 2. The van der Waals surface area contributed by atoms with Gasteiger partial charge in [0.05, 0.1) is 0 Å². The first-order chi connectivity index (χ1) is 11.5. The maximum Gasteiger partial charge on any atom is 0.318 e. The van der Waals surface area contributed by atoms with Gasteiger partial charge in [-0.05, 0) is 48.5 Å². The van der Waals surface area contributed by atoms with Crippen LogP contribution in [0, 0.1) is 0 Å². The normalized spacial score (nSPS) is 10.4. The summed E-state index contributed by atoms with van der Waals surface area (Å²) >= 11 is 3.41. The number of fused-ring (bicyclic) bond motifs is 1. The molecule has 0 atom stereocenters. The predicted octanol–water partition coefficient (Wildman–Crippen LogP) is 3.93. The molecule has 0 saturated carbocycles. The lowest BCUT2D eigenvalue weighted by Gasteiger charge is -2.07. The predicted molar refractivity (Wildman–Crippen MR) is 98.5 cm³/mol. The second kappa shape index (κ2) is 6.76. The minimum atomic E-state index is -0.295. The van der Waals surface area contributed by atoms with Gasteiger partial charge in [0.15, 0.2) is 0 Å². The van der Waals surface area contributed by atoms with Crippen LogP contribution in [0.25, 0.3) is 10.9 Å². The standard InChI is InChI=1S/C17H15BrN4O2/c1-19-17(24)21-13-5-3-12(4-6-13)20-16(23)15-9-10-8-11(18)2-7-14(10)22-15/h2-9,22H,1H3,(H,20,23)(H2,19,21,24). The molecular formula is C17H15BrN4O2. The molecule has 1 heterocycles. The van der Waals surface area contributed by atoms with E-state index in [4.69, 9.17) is 0 Å². The molecule has 122 valence electrons. The largest absolute Gasteiger partial charge is 0.351 e. The summed E-state index contributed by atoms with van der Waals surface area (Å²) in [6.45, 7) is 0. The van der Waals surface area contributed by atoms with Gasteiger partial charge in [-0.3, -0.25) is 4.79 Å². The molecule has 24 heavy (non-hydrogen) atoms. The van der Waals surface area contributed by atoms with Gasteiger partial charge in [0.2, 0.25) is 0 Å². The van der Waals surface area contributed by atoms with Gasteiger partial charge in [-0.15, -0.1) is 0 Å². The number of anilines is 2. The third-order valence-corrected chi connectivity index (χ3v) is 3.95. The van der Waals surface area contributed by atoms with E-state index in [9.17, 15) is 9.59 Å². The van der Waals surface area contributed by atoms with E-state index < -0.39 is 0 Å². The van der Waals surface area contributed by atoms with Crippen LogP contribution >= 0.6 is 15.9 Å². The fraction of sp³-hybridized carbons (Fsp3) is 0.0588. The number of hydrogen-bond acceptors (Lipinski definition) is 2. The van der Waals surface area contributed by atoms with Crippen LogP contribution in [-0.4, -0.2) is 24.0 Å². The third kappa shape index (κ3) is 3.57. The van der Waals surface area contributed by atoms with Crippen molar-refractivity contribution in [3.8, 4) is 0 Å². The van der Waals surface area contributed by atoms with Gasteiger partial charge in [-0.1, -0.05) is 15.9 Å². The molecule has 3 aromatic rings. The quantitative estimate of drug-likeness (QED) is 0.549. The summed E-state index contributed by atoms with van der Waals surface area (Å²) in [5.41, 5.74) is 2.66. The number of aromatic nitrogens is 1. The molecule has 0 aliphatic heterocycles. The first-order valence-electron chi connectivity index (χ1n) is 7.23. The van der Waals surface area contributed by atoms with Crippen molar-refractivity contribution in [2.24, 2.45) is 0 Å². The summed E-state index contributed by atoms with van der Waals surface area (Å²) in [7, 11) is 1.54. The van der Waals surface area contributed by atoms with Gasteiger partial charge >= 0.3 is 6.03 Å². The lowest BCUT2D eigenvalue weighted by atomic mass is 10.2. The Hall–Kier alpha value is -2.80. The highest BCUT2D eigenvalue weighted by Crippen LogP contribution is 2.21. The summed E-state index contributed by atoms with van der Waals surface area (Å²) in [5.74, 6) is -0.227. The Kier molecular flexibility index (Phi) is 4.52. The molecule has 1 aromatic heterocycles. The van der Waals surface area contributed by atoms with Crippen LogP contribution in [0.2, 0.25) is 0 Å². The molecule has 0 aliphatic carbocycles. The molecule has 0 unspecified atom stereocenters. The highest BCUT2D eigenvalue weighted by molar-refractivity contribution is 9.10. The average molecular weight is 387 g/mol. The van der Waals surface area contributed by atoms with E-state index in [1.165, 1.54) is 0 Å². The summed E-state index contributed by atoms with van der Waals surface area (Å²) < 4.78 is 0.958. The van der Waals surface area contributed by atoms with Crippen molar-refractivity contribution in [2.75, 3.05) is 17.7 Å². The SMILES string of the molecule is CNC(=O)Nc1ccc(NC(=O)c2cc3cc(Br)ccc3[nH]2)cc1. The highest BCUT2D eigenvalue weighted by Gasteiger charge is 2.10. The van der Waals surface area contributed by atoms with Crippen molar-refractivity contribution in [3.05, 3.63) is 58.7 Å². The smallest absolute Gasteiger partial charge is 0.318 e. The molecule has 0 aliphatic rings. The second-order valence-electron chi connectivity index (χ2n) is 5.15. The van der Waals surface area contributed by atoms with Crippen molar-refractivity contribution in [3.63, 3.8) is 0 Å². The van der Waals surface area contributed by atoms with Gasteiger partial charge in [0.25, 0.3) is 5.91 Å². The number of hydrogen-bond donors (Lipinski definition) is 4. The van der Waals surface area contributed by atoms with Crippen molar-refractivity contribution in [1.82, 2.24) is 10.3 Å². The van der Waals surface area contributed by atoms with E-state index in [2.05, 4.69) is 36.9 Å². The van der Waals surface area contributed by atoms with Crippen molar-refractivity contribution in [1.29, 1.82) is 0 Å². The Morgan fingerprint density at radius 3 is 2.29 bits per heavy atom. The van der Waals surface area contributed by atoms with E-state index >= 15 is 0 Å². The summed E-state index contributed by atoms with van der Waals surface area (Å²) in [6, 6.07) is 14.2. The molecule has 2 aromatic carbocycles. The number of carbonyl (C=O) groups excluding carboxylic acids is 2. The van der Waals surface area contributed by atoms with Gasteiger partial charge < -0.3 is 20.9 Å². The minimum Gasteiger partial charge on any atom is -0.351 e. The zero-order valence-electron chi connectivity index (χ0n) is 12.8. The van der Waals surface area contributed by atoms with Crippen LogP contribution in [0.4, 0.5) is 16.2 Å². The molecule has 4 N–H and O–H groups in total. The monoisotopic (exact) mass is 386 g/mol. The van der Waals surface area contributed by atoms with Crippen LogP contribution < -0.4 is 16.0 Å². The molecule has 6 nitrogen and oxygen atoms in total. The van der Waals surface area contributed by atoms with Gasteiger partial charge in [0, 0.05) is 33.8 Å². The number of urea groups is 1. The van der Waals surface area contributed by atoms with Crippen LogP contribution in [0.3, 0.4) is 0 Å². The molecule has 0 radical (unpaired) electrons. The molecule has 3 rings (SSSR count). The number of rotatable bonds is 3. The maximum absolute atomic E-state index is 12.3. The number of aromatic amines is 1. The van der Waals surface area contributed by atoms with Crippen LogP contribution in [-0.2, 0) is 0 Å². The Labute approximate surface area is 146 Å². The lowest BCUT2D eigenvalue weighted by Crippen LogP contribution is -2.24. The first-order valence-corrected chi connectivity index (χ1v) is 8.03. The molecule has 0 fully saturated rings. The highest BCUT2D eigenvalue weighted by atomic mass is 79.9. The zero-order valence-corrected chi connectivity index (χ0v) is 14.4. The van der Waals surface area contributed by atoms with E-state index in [0.717, 1.165) is 15.4 Å². The zero-order chi connectivity index (χ0) is 17.1. The number of H-pyrrole nitrogens is 1. The summed E-state index contributed by atoms with van der Waals surface area (Å²) in [4.78, 5) is 26.7. The van der Waals surface area contributed by atoms with Crippen molar-refractivity contribution in [2.45, 2.75) is 0 Å². The summed E-state index contributed by atoms with van der Waals surface area (Å²) in [6.07, 6.45) is 0. The van der Waals surface area contributed by atoms with Gasteiger partial charge in [-0.25, -0.2) is 4.79 Å². The van der Waals surface area contributed by atoms with Crippen LogP contribution in [0.1, 0.15) is 10.5 Å². The van der Waals surface area contributed by atoms with Crippen molar-refractivity contribution < 1.29 is 9.59 Å². The molecule has 0 bridgehead atoms. The second-order valence-corrected chi connectivity index (χ2v) is 6.07. The van der Waals surface area contributed by atoms with Crippen LogP contribution in [0.5, 0.6) is 0 Å². The Morgan fingerprint density at radius 2 is 1.62 bits per heavy atom. The minimum absolute atomic E-state index is 0.227. The van der Waals surface area contributed by atoms with Gasteiger partial charge in [-0.2, -0.15) is 0 Å². The number of nitrogens with one attached hydrogen (secondary N) is 4. The molecule has 0 saturated heterocycles. The molecule has 7 heteroatoms. The molecular weight excluding hydrogens is 372 g/mol. The van der Waals surface area contributed by atoms with E-state index in [1.54, 1.807) is 37.4 Å². The summed E-state index contributed by atoms with van der Waals surface area (Å²) in [5, 5.41) is 8.90. The Bertz CT molecular complexity index is 903. The lowest BCUT2D eigenvalue weighted by molar-refractivity contribution is 0.102. The van der Waals surface area contributed by atoms with E-state index in [0.29, 0.717) is 17.1 Å². The number of carbonyl (C=O) groups is 2. The first kappa shape index (κ1) is 16.1.